The molecule has 7 heteroatoms. The van der Waals surface area contributed by atoms with Gasteiger partial charge in [-0.3, -0.25) is 14.2 Å². The molecule has 0 fully saturated rings. The number of hydrogen-bond donors (Lipinski definition) is 1. The lowest BCUT2D eigenvalue weighted by Crippen LogP contribution is -2.25. The van der Waals surface area contributed by atoms with E-state index in [1.807, 2.05) is 18.4 Å². The van der Waals surface area contributed by atoms with Crippen molar-refractivity contribution in [1.29, 1.82) is 0 Å². The maximum absolute atomic E-state index is 12.9. The lowest BCUT2D eigenvalue weighted by atomic mass is 10.2. The van der Waals surface area contributed by atoms with Gasteiger partial charge in [-0.05, 0) is 18.6 Å². The van der Waals surface area contributed by atoms with Crippen molar-refractivity contribution in [3.63, 3.8) is 0 Å². The van der Waals surface area contributed by atoms with Crippen LogP contribution in [0, 0.1) is 0 Å². The molecule has 3 aromatic rings. The average molecular weight is 332 g/mol. The molecule has 0 amide bonds. The Bertz CT molecular complexity index is 893. The molecule has 1 N–H and O–H groups in total. The summed E-state index contributed by atoms with van der Waals surface area (Å²) in [7, 11) is 0. The molecule has 0 saturated carbocycles. The lowest BCUT2D eigenvalue weighted by Gasteiger charge is -2.10. The summed E-state index contributed by atoms with van der Waals surface area (Å²) < 4.78 is 6.99. The van der Waals surface area contributed by atoms with Gasteiger partial charge in [0.25, 0.3) is 5.56 Å². The number of rotatable bonds is 6. The van der Waals surface area contributed by atoms with Crippen LogP contribution in [-0.4, -0.2) is 20.6 Å². The zero-order valence-corrected chi connectivity index (χ0v) is 13.4. The molecule has 23 heavy (non-hydrogen) atoms. The third kappa shape index (κ3) is 2.92. The first-order chi connectivity index (χ1) is 11.1. The SMILES string of the molecule is CCc1nc2scc(-c3ccco3)c2c(=O)n1CCCC(=O)O. The van der Waals surface area contributed by atoms with Crippen molar-refractivity contribution in [3.8, 4) is 11.3 Å². The van der Waals surface area contributed by atoms with E-state index in [4.69, 9.17) is 9.52 Å². The summed E-state index contributed by atoms with van der Waals surface area (Å²) in [6.45, 7) is 2.28. The molecule has 3 heterocycles. The Labute approximate surface area is 136 Å². The normalized spacial score (nSPS) is 11.2. The van der Waals surface area contributed by atoms with Crippen LogP contribution in [0.1, 0.15) is 25.6 Å². The zero-order valence-electron chi connectivity index (χ0n) is 12.6. The van der Waals surface area contributed by atoms with Crippen LogP contribution in [0.25, 0.3) is 21.5 Å². The second kappa shape index (κ2) is 6.37. The van der Waals surface area contributed by atoms with Gasteiger partial charge in [-0.2, -0.15) is 0 Å². The molecule has 0 radical (unpaired) electrons. The number of fused-ring (bicyclic) bond motifs is 1. The number of thiophene rings is 1. The molecule has 0 aromatic carbocycles. The van der Waals surface area contributed by atoms with E-state index in [9.17, 15) is 9.59 Å². The largest absolute Gasteiger partial charge is 0.481 e. The summed E-state index contributed by atoms with van der Waals surface area (Å²) in [5.74, 6) is 0.453. The minimum atomic E-state index is -0.864. The van der Waals surface area contributed by atoms with E-state index in [2.05, 4.69) is 4.98 Å². The number of aryl methyl sites for hydroxylation is 1. The van der Waals surface area contributed by atoms with Gasteiger partial charge >= 0.3 is 5.97 Å². The van der Waals surface area contributed by atoms with Gasteiger partial charge in [0.2, 0.25) is 0 Å². The molecule has 0 saturated heterocycles. The zero-order chi connectivity index (χ0) is 16.4. The minimum Gasteiger partial charge on any atom is -0.481 e. The maximum atomic E-state index is 12.9. The fraction of sp³-hybridized carbons (Fsp3) is 0.312. The highest BCUT2D eigenvalue weighted by atomic mass is 32.1. The number of carboxylic acids is 1. The van der Waals surface area contributed by atoms with Gasteiger partial charge in [0.15, 0.2) is 0 Å². The monoisotopic (exact) mass is 332 g/mol. The first-order valence-corrected chi connectivity index (χ1v) is 8.26. The summed E-state index contributed by atoms with van der Waals surface area (Å²) in [5.41, 5.74) is 0.604. The molecule has 0 spiro atoms. The number of nitrogens with zero attached hydrogens (tertiary/aromatic N) is 2. The van der Waals surface area contributed by atoms with E-state index in [0.29, 0.717) is 41.2 Å². The van der Waals surface area contributed by atoms with Gasteiger partial charge in [0, 0.05) is 30.3 Å². The van der Waals surface area contributed by atoms with Crippen LogP contribution < -0.4 is 5.56 Å². The molecule has 0 bridgehead atoms. The molecule has 6 nitrogen and oxygen atoms in total. The second-order valence-corrected chi connectivity index (χ2v) is 6.00. The van der Waals surface area contributed by atoms with Crippen molar-refractivity contribution in [1.82, 2.24) is 9.55 Å². The van der Waals surface area contributed by atoms with Crippen LogP contribution in [0.15, 0.2) is 33.0 Å². The molecular weight excluding hydrogens is 316 g/mol. The van der Waals surface area contributed by atoms with Crippen molar-refractivity contribution >= 4 is 27.5 Å². The minimum absolute atomic E-state index is 0.0301. The molecule has 0 unspecified atom stereocenters. The Morgan fingerprint density at radius 2 is 2.30 bits per heavy atom. The molecule has 120 valence electrons. The van der Waals surface area contributed by atoms with Crippen molar-refractivity contribution in [2.45, 2.75) is 32.7 Å². The van der Waals surface area contributed by atoms with Crippen molar-refractivity contribution in [3.05, 3.63) is 40.0 Å². The Morgan fingerprint density at radius 3 is 2.96 bits per heavy atom. The third-order valence-electron chi connectivity index (χ3n) is 3.65. The quantitative estimate of drug-likeness (QED) is 0.749. The van der Waals surface area contributed by atoms with Gasteiger partial charge in [0.05, 0.1) is 11.6 Å². The first kappa shape index (κ1) is 15.5. The van der Waals surface area contributed by atoms with Crippen LogP contribution in [0.2, 0.25) is 0 Å². The van der Waals surface area contributed by atoms with Gasteiger partial charge in [0.1, 0.15) is 16.4 Å². The Kier molecular flexibility index (Phi) is 4.29. The standard InChI is InChI=1S/C16H16N2O4S/c1-2-12-17-15-14(10(9-23-15)11-5-4-8-22-11)16(21)18(12)7-3-6-13(19)20/h4-5,8-9H,2-3,6-7H2,1H3,(H,19,20). The molecule has 3 rings (SSSR count). The predicted octanol–water partition coefficient (Wildman–Crippen LogP) is 3.15. The fourth-order valence-electron chi connectivity index (χ4n) is 2.57. The van der Waals surface area contributed by atoms with E-state index in [1.165, 1.54) is 11.3 Å². The van der Waals surface area contributed by atoms with Crippen molar-refractivity contribution in [2.24, 2.45) is 0 Å². The third-order valence-corrected chi connectivity index (χ3v) is 4.52. The van der Waals surface area contributed by atoms with Crippen LogP contribution in [0.5, 0.6) is 0 Å². The number of carboxylic acid groups (broad SMARTS) is 1. The topological polar surface area (TPSA) is 85.3 Å². The Hall–Kier alpha value is -2.41. The summed E-state index contributed by atoms with van der Waals surface area (Å²) in [4.78, 5) is 28.9. The number of furan rings is 1. The molecule has 0 aliphatic rings. The second-order valence-electron chi connectivity index (χ2n) is 5.14. The Balaban J connectivity index is 2.11. The first-order valence-electron chi connectivity index (χ1n) is 7.38. The summed E-state index contributed by atoms with van der Waals surface area (Å²) in [6.07, 6.45) is 2.61. The molecular formula is C16H16N2O4S. The highest BCUT2D eigenvalue weighted by molar-refractivity contribution is 7.17. The van der Waals surface area contributed by atoms with Crippen molar-refractivity contribution < 1.29 is 14.3 Å². The molecule has 0 aliphatic heterocycles. The Morgan fingerprint density at radius 1 is 1.48 bits per heavy atom. The van der Waals surface area contributed by atoms with Gasteiger partial charge in [-0.15, -0.1) is 11.3 Å². The van der Waals surface area contributed by atoms with Gasteiger partial charge in [-0.25, -0.2) is 4.98 Å². The van der Waals surface area contributed by atoms with Crippen molar-refractivity contribution in [2.75, 3.05) is 0 Å². The van der Waals surface area contributed by atoms with Gasteiger partial charge < -0.3 is 9.52 Å². The lowest BCUT2D eigenvalue weighted by molar-refractivity contribution is -0.137. The van der Waals surface area contributed by atoms with E-state index in [0.717, 1.165) is 5.56 Å². The molecule has 0 aliphatic carbocycles. The summed E-state index contributed by atoms with van der Waals surface area (Å²) >= 11 is 1.41. The molecule has 3 aromatic heterocycles. The highest BCUT2D eigenvalue weighted by Crippen LogP contribution is 2.31. The highest BCUT2D eigenvalue weighted by Gasteiger charge is 2.17. The smallest absolute Gasteiger partial charge is 0.303 e. The number of hydrogen-bond acceptors (Lipinski definition) is 5. The number of carbonyl (C=O) groups is 1. The van der Waals surface area contributed by atoms with E-state index in [-0.39, 0.29) is 12.0 Å². The van der Waals surface area contributed by atoms with E-state index in [1.54, 1.807) is 16.9 Å². The molecule has 0 atom stereocenters. The van der Waals surface area contributed by atoms with E-state index < -0.39 is 5.97 Å². The van der Waals surface area contributed by atoms with Crippen LogP contribution in [0.3, 0.4) is 0 Å². The summed E-state index contributed by atoms with van der Waals surface area (Å²) in [6, 6.07) is 3.58. The van der Waals surface area contributed by atoms with Crippen LogP contribution in [-0.2, 0) is 17.8 Å². The van der Waals surface area contributed by atoms with E-state index >= 15 is 0 Å². The average Bonchev–Trinajstić information content (AvgIpc) is 3.17. The van der Waals surface area contributed by atoms with Crippen LogP contribution in [0.4, 0.5) is 0 Å². The maximum Gasteiger partial charge on any atom is 0.303 e. The number of aromatic nitrogens is 2. The summed E-state index contributed by atoms with van der Waals surface area (Å²) in [5, 5.41) is 11.2. The fourth-order valence-corrected chi connectivity index (χ4v) is 3.51. The predicted molar refractivity (Wildman–Crippen MR) is 87.8 cm³/mol. The van der Waals surface area contributed by atoms with Gasteiger partial charge in [-0.1, -0.05) is 6.92 Å². The van der Waals surface area contributed by atoms with Crippen LogP contribution >= 0.6 is 11.3 Å². The number of aliphatic carboxylic acids is 1.